The Bertz CT molecular complexity index is 1260. The van der Waals surface area contributed by atoms with Crippen LogP contribution >= 0.6 is 0 Å². The first-order chi connectivity index (χ1) is 16.7. The average molecular weight is 475 g/mol. The van der Waals surface area contributed by atoms with Crippen LogP contribution in [0, 0.1) is 11.8 Å². The Morgan fingerprint density at radius 3 is 2.37 bits per heavy atom. The molecule has 1 aromatic heterocycles. The molecule has 2 aliphatic rings. The van der Waals surface area contributed by atoms with Crippen LogP contribution < -0.4 is 10.1 Å². The maximum absolute atomic E-state index is 13.3. The monoisotopic (exact) mass is 474 g/mol. The second kappa shape index (κ2) is 8.83. The van der Waals surface area contributed by atoms with Crippen LogP contribution in [-0.4, -0.2) is 58.2 Å². The summed E-state index contributed by atoms with van der Waals surface area (Å²) >= 11 is 0. The summed E-state index contributed by atoms with van der Waals surface area (Å²) in [7, 11) is 0. The van der Waals surface area contributed by atoms with E-state index in [1.54, 1.807) is 4.90 Å². The smallest absolute Gasteiger partial charge is 0.410 e. The lowest BCUT2D eigenvalue weighted by molar-refractivity contribution is 0.0270. The first-order valence-electron chi connectivity index (χ1n) is 12.0. The molecule has 2 heterocycles. The number of para-hydroxylation sites is 1. The summed E-state index contributed by atoms with van der Waals surface area (Å²) in [6, 6.07) is 15.1. The van der Waals surface area contributed by atoms with Crippen molar-refractivity contribution in [2.45, 2.75) is 39.3 Å². The molecular weight excluding hydrogens is 444 g/mol. The molecule has 1 N–H and O–H groups in total. The summed E-state index contributed by atoms with van der Waals surface area (Å²) in [5.41, 5.74) is 1.36. The van der Waals surface area contributed by atoms with Crippen LogP contribution in [0.3, 0.4) is 0 Å². The maximum atomic E-state index is 13.3. The van der Waals surface area contributed by atoms with Crippen molar-refractivity contribution in [2.75, 3.05) is 19.7 Å². The van der Waals surface area contributed by atoms with Gasteiger partial charge in [0.2, 0.25) is 0 Å². The number of amides is 2. The van der Waals surface area contributed by atoms with Gasteiger partial charge in [-0.15, -0.1) is 0 Å². The molecule has 1 aliphatic carbocycles. The zero-order valence-corrected chi connectivity index (χ0v) is 20.4. The van der Waals surface area contributed by atoms with Crippen LogP contribution in [0.5, 0.6) is 5.75 Å². The number of ether oxygens (including phenoxy) is 2. The fourth-order valence-corrected chi connectivity index (χ4v) is 4.68. The largest absolute Gasteiger partial charge is 0.494 e. The molecule has 1 aliphatic heterocycles. The molecule has 3 aromatic rings. The van der Waals surface area contributed by atoms with Crippen LogP contribution in [0.2, 0.25) is 0 Å². The molecule has 0 radical (unpaired) electrons. The van der Waals surface area contributed by atoms with E-state index in [9.17, 15) is 9.59 Å². The van der Waals surface area contributed by atoms with Crippen molar-refractivity contribution < 1.29 is 19.1 Å². The third kappa shape index (κ3) is 4.78. The van der Waals surface area contributed by atoms with Gasteiger partial charge in [0.05, 0.1) is 12.1 Å². The Balaban J connectivity index is 1.32. The second-order valence-corrected chi connectivity index (χ2v) is 10.1. The number of carbonyl (C=O) groups excluding carboxylic acids is 2. The van der Waals surface area contributed by atoms with Gasteiger partial charge in [-0.1, -0.05) is 18.2 Å². The Hall–Kier alpha value is -3.68. The van der Waals surface area contributed by atoms with Gasteiger partial charge in [0.25, 0.3) is 5.91 Å². The highest BCUT2D eigenvalue weighted by atomic mass is 16.6. The van der Waals surface area contributed by atoms with Crippen molar-refractivity contribution in [1.82, 2.24) is 20.2 Å². The van der Waals surface area contributed by atoms with Gasteiger partial charge in [0.15, 0.2) is 5.82 Å². The van der Waals surface area contributed by atoms with Crippen molar-refractivity contribution in [1.29, 1.82) is 0 Å². The molecule has 2 atom stereocenters. The summed E-state index contributed by atoms with van der Waals surface area (Å²) in [6.45, 7) is 9.29. The number of rotatable bonds is 5. The number of carbonyl (C=O) groups is 2. The molecule has 8 nitrogen and oxygen atoms in total. The Morgan fingerprint density at radius 1 is 1.03 bits per heavy atom. The van der Waals surface area contributed by atoms with Crippen molar-refractivity contribution in [3.8, 4) is 17.1 Å². The first-order valence-corrected chi connectivity index (χ1v) is 12.0. The van der Waals surface area contributed by atoms with E-state index in [0.29, 0.717) is 42.1 Å². The van der Waals surface area contributed by atoms with E-state index in [1.807, 2.05) is 76.2 Å². The van der Waals surface area contributed by atoms with Gasteiger partial charge in [-0.2, -0.15) is 0 Å². The summed E-state index contributed by atoms with van der Waals surface area (Å²) in [5.74, 6) is 1.52. The Labute approximate surface area is 204 Å². The van der Waals surface area contributed by atoms with Crippen molar-refractivity contribution in [3.05, 3.63) is 54.2 Å². The zero-order valence-electron chi connectivity index (χ0n) is 20.4. The number of likely N-dealkylation sites (tertiary alicyclic amines) is 1. The van der Waals surface area contributed by atoms with Gasteiger partial charge < -0.3 is 19.7 Å². The molecule has 182 valence electrons. The van der Waals surface area contributed by atoms with E-state index in [4.69, 9.17) is 9.47 Å². The van der Waals surface area contributed by atoms with Crippen LogP contribution in [0.1, 0.15) is 38.2 Å². The molecule has 2 amide bonds. The van der Waals surface area contributed by atoms with Crippen molar-refractivity contribution in [2.24, 2.45) is 11.8 Å². The molecule has 35 heavy (non-hydrogen) atoms. The zero-order chi connectivity index (χ0) is 24.7. The van der Waals surface area contributed by atoms with Crippen LogP contribution in [0.25, 0.3) is 22.3 Å². The normalized spacial score (nSPS) is 20.9. The minimum Gasteiger partial charge on any atom is -0.494 e. The molecule has 8 heteroatoms. The number of fused-ring (bicyclic) bond motifs is 2. The van der Waals surface area contributed by atoms with E-state index in [2.05, 4.69) is 15.3 Å². The fraction of sp³-hybridized carbons (Fsp3) is 0.407. The SMILES string of the molecule is CCOc1ccc(-c2nc(C(=O)NC3C4CN(C(=O)OC(C)(C)C)CC43)c3ccccc3n2)cc1. The number of benzene rings is 2. The number of aromatic nitrogens is 2. The van der Waals surface area contributed by atoms with E-state index in [-0.39, 0.29) is 29.9 Å². The summed E-state index contributed by atoms with van der Waals surface area (Å²) in [6.07, 6.45) is -0.295. The highest BCUT2D eigenvalue weighted by molar-refractivity contribution is 6.05. The Morgan fingerprint density at radius 2 is 1.71 bits per heavy atom. The lowest BCUT2D eigenvalue weighted by atomic mass is 10.1. The quantitative estimate of drug-likeness (QED) is 0.593. The molecule has 0 spiro atoms. The Kier molecular flexibility index (Phi) is 5.83. The summed E-state index contributed by atoms with van der Waals surface area (Å²) < 4.78 is 11.0. The molecule has 2 aromatic carbocycles. The van der Waals surface area contributed by atoms with Gasteiger partial charge in [0, 0.05) is 41.9 Å². The summed E-state index contributed by atoms with van der Waals surface area (Å²) in [4.78, 5) is 36.8. The van der Waals surface area contributed by atoms with Crippen molar-refractivity contribution >= 4 is 22.9 Å². The lowest BCUT2D eigenvalue weighted by Gasteiger charge is -2.26. The van der Waals surface area contributed by atoms with Gasteiger partial charge >= 0.3 is 6.09 Å². The number of hydrogen-bond donors (Lipinski definition) is 1. The molecular formula is C27H30N4O4. The van der Waals surface area contributed by atoms with Crippen LogP contribution in [0.15, 0.2) is 48.5 Å². The summed E-state index contributed by atoms with van der Waals surface area (Å²) in [5, 5.41) is 3.86. The standard InChI is InChI=1S/C27H30N4O4/c1-5-34-17-12-10-16(11-13-17)24-28-21-9-7-6-8-18(21)23(29-24)25(32)30-22-19-14-31(15-20(19)22)26(33)35-27(2,3)4/h6-13,19-20,22H,5,14-15H2,1-4H3,(H,30,32). The number of nitrogens with one attached hydrogen (secondary N) is 1. The van der Waals surface area contributed by atoms with Gasteiger partial charge in [0.1, 0.15) is 17.0 Å². The minimum absolute atomic E-state index is 0.0313. The van der Waals surface area contributed by atoms with Crippen LogP contribution in [0.4, 0.5) is 4.79 Å². The number of piperidine rings is 1. The predicted molar refractivity (Wildman–Crippen MR) is 132 cm³/mol. The number of hydrogen-bond acceptors (Lipinski definition) is 6. The van der Waals surface area contributed by atoms with Crippen LogP contribution in [-0.2, 0) is 4.74 Å². The van der Waals surface area contributed by atoms with Gasteiger partial charge in [-0.25, -0.2) is 14.8 Å². The maximum Gasteiger partial charge on any atom is 0.410 e. The minimum atomic E-state index is -0.521. The van der Waals surface area contributed by atoms with Gasteiger partial charge in [-0.3, -0.25) is 4.79 Å². The van der Waals surface area contributed by atoms with Gasteiger partial charge in [-0.05, 0) is 58.0 Å². The lowest BCUT2D eigenvalue weighted by Crippen LogP contribution is -2.40. The molecule has 0 bridgehead atoms. The van der Waals surface area contributed by atoms with E-state index in [0.717, 1.165) is 11.3 Å². The first kappa shape index (κ1) is 23.1. The fourth-order valence-electron chi connectivity index (χ4n) is 4.68. The molecule has 2 fully saturated rings. The highest BCUT2D eigenvalue weighted by Gasteiger charge is 2.58. The third-order valence-corrected chi connectivity index (χ3v) is 6.39. The topological polar surface area (TPSA) is 93.7 Å². The van der Waals surface area contributed by atoms with E-state index >= 15 is 0 Å². The molecule has 2 unspecified atom stereocenters. The van der Waals surface area contributed by atoms with Crippen molar-refractivity contribution in [3.63, 3.8) is 0 Å². The van der Waals surface area contributed by atoms with E-state index < -0.39 is 5.60 Å². The molecule has 1 saturated carbocycles. The molecule has 5 rings (SSSR count). The number of nitrogens with zero attached hydrogens (tertiary/aromatic N) is 3. The third-order valence-electron chi connectivity index (χ3n) is 6.39. The molecule has 1 saturated heterocycles. The van der Waals surface area contributed by atoms with E-state index in [1.165, 1.54) is 0 Å². The average Bonchev–Trinajstić information content (AvgIpc) is 3.24. The predicted octanol–water partition coefficient (Wildman–Crippen LogP) is 4.29. The highest BCUT2D eigenvalue weighted by Crippen LogP contribution is 2.46. The second-order valence-electron chi connectivity index (χ2n) is 10.1.